The van der Waals surface area contributed by atoms with E-state index < -0.39 is 0 Å². The molecule has 2 aromatic heterocycles. The molecule has 2 bridgehead atoms. The highest BCUT2D eigenvalue weighted by Crippen LogP contribution is 2.34. The van der Waals surface area contributed by atoms with Crippen molar-refractivity contribution in [3.63, 3.8) is 0 Å². The van der Waals surface area contributed by atoms with E-state index in [4.69, 9.17) is 11.2 Å². The highest BCUT2D eigenvalue weighted by Gasteiger charge is 2.44. The number of fused-ring (bicyclic) bond motifs is 3. The zero-order chi connectivity index (χ0) is 15.8. The standard InChI is InChI=1S/C16H17N5O2/c1-2-7-23-16(22)21-11-3-4-12(21)9-20(8-11)15-13-5-6-17-14(13)18-10-19-15/h1,5-6,10-12H,3-4,7-9H2,(H,17,18,19)/t11-,12+. The van der Waals surface area contributed by atoms with Crippen LogP contribution in [0.15, 0.2) is 18.6 Å². The van der Waals surface area contributed by atoms with Crippen molar-refractivity contribution in [1.82, 2.24) is 19.9 Å². The van der Waals surface area contributed by atoms with Crippen LogP contribution < -0.4 is 4.90 Å². The third kappa shape index (κ3) is 2.27. The number of aromatic nitrogens is 3. The first kappa shape index (κ1) is 13.9. The molecule has 1 N–H and O–H groups in total. The van der Waals surface area contributed by atoms with E-state index >= 15 is 0 Å². The lowest BCUT2D eigenvalue weighted by molar-refractivity contribution is 0.0881. The van der Waals surface area contributed by atoms with Gasteiger partial charge in [-0.2, -0.15) is 0 Å². The number of nitrogens with zero attached hydrogens (tertiary/aromatic N) is 4. The second-order valence-electron chi connectivity index (χ2n) is 5.89. The predicted octanol–water partition coefficient (Wildman–Crippen LogP) is 1.38. The van der Waals surface area contributed by atoms with E-state index in [1.165, 1.54) is 0 Å². The Morgan fingerprint density at radius 2 is 2.17 bits per heavy atom. The van der Waals surface area contributed by atoms with Gasteiger partial charge in [0, 0.05) is 19.3 Å². The van der Waals surface area contributed by atoms with Crippen LogP contribution in [-0.2, 0) is 4.74 Å². The first-order valence-electron chi connectivity index (χ1n) is 7.69. The Morgan fingerprint density at radius 3 is 2.91 bits per heavy atom. The third-order valence-corrected chi connectivity index (χ3v) is 4.60. The van der Waals surface area contributed by atoms with Crippen LogP contribution in [0.1, 0.15) is 12.8 Å². The molecule has 1 amide bonds. The molecule has 0 aliphatic carbocycles. The molecule has 0 saturated carbocycles. The van der Waals surface area contributed by atoms with Gasteiger partial charge < -0.3 is 14.6 Å². The molecule has 2 fully saturated rings. The quantitative estimate of drug-likeness (QED) is 0.848. The van der Waals surface area contributed by atoms with E-state index in [1.54, 1.807) is 6.33 Å². The van der Waals surface area contributed by atoms with Crippen molar-refractivity contribution in [3.8, 4) is 12.3 Å². The van der Waals surface area contributed by atoms with Gasteiger partial charge in [0.1, 0.15) is 17.8 Å². The lowest BCUT2D eigenvalue weighted by Crippen LogP contribution is -2.56. The van der Waals surface area contributed by atoms with Crippen molar-refractivity contribution < 1.29 is 9.53 Å². The number of H-pyrrole nitrogens is 1. The van der Waals surface area contributed by atoms with Crippen molar-refractivity contribution >= 4 is 22.9 Å². The number of terminal acetylenes is 1. The maximum Gasteiger partial charge on any atom is 0.411 e. The van der Waals surface area contributed by atoms with E-state index in [0.717, 1.165) is 42.8 Å². The Balaban J connectivity index is 1.57. The maximum absolute atomic E-state index is 12.2. The average Bonchev–Trinajstić information content (AvgIpc) is 3.14. The van der Waals surface area contributed by atoms with Gasteiger partial charge in [-0.1, -0.05) is 5.92 Å². The summed E-state index contributed by atoms with van der Waals surface area (Å²) in [4.78, 5) is 28.1. The molecule has 7 nitrogen and oxygen atoms in total. The zero-order valence-electron chi connectivity index (χ0n) is 12.6. The third-order valence-electron chi connectivity index (χ3n) is 4.60. The number of rotatable bonds is 2. The van der Waals surface area contributed by atoms with Crippen LogP contribution in [0.25, 0.3) is 11.0 Å². The van der Waals surface area contributed by atoms with Crippen LogP contribution in [0.4, 0.5) is 10.6 Å². The molecule has 118 valence electrons. The minimum atomic E-state index is -0.301. The fourth-order valence-electron chi connectivity index (χ4n) is 3.66. The van der Waals surface area contributed by atoms with Crippen molar-refractivity contribution in [2.45, 2.75) is 24.9 Å². The SMILES string of the molecule is C#CCOC(=O)N1[C@@H]2CC[C@H]1CN(c1ncnc3[nH]ccc13)C2. The highest BCUT2D eigenvalue weighted by molar-refractivity contribution is 5.87. The molecule has 4 rings (SSSR count). The first-order chi connectivity index (χ1) is 11.3. The van der Waals surface area contributed by atoms with Gasteiger partial charge in [-0.15, -0.1) is 6.42 Å². The number of hydrogen-bond acceptors (Lipinski definition) is 5. The number of ether oxygens (including phenoxy) is 1. The maximum atomic E-state index is 12.2. The van der Waals surface area contributed by atoms with Crippen LogP contribution in [0.2, 0.25) is 0 Å². The number of nitrogens with one attached hydrogen (secondary N) is 1. The summed E-state index contributed by atoms with van der Waals surface area (Å²) in [6.07, 6.45) is 10.3. The summed E-state index contributed by atoms with van der Waals surface area (Å²) in [6, 6.07) is 2.27. The van der Waals surface area contributed by atoms with Crippen LogP contribution in [0, 0.1) is 12.3 Å². The number of anilines is 1. The summed E-state index contributed by atoms with van der Waals surface area (Å²) in [5, 5.41) is 1.01. The summed E-state index contributed by atoms with van der Waals surface area (Å²) >= 11 is 0. The molecular weight excluding hydrogens is 294 g/mol. The fourth-order valence-corrected chi connectivity index (χ4v) is 3.66. The highest BCUT2D eigenvalue weighted by atomic mass is 16.6. The Labute approximate surface area is 133 Å². The second-order valence-corrected chi connectivity index (χ2v) is 5.89. The van der Waals surface area contributed by atoms with Gasteiger partial charge in [0.15, 0.2) is 6.61 Å². The smallest absolute Gasteiger partial charge is 0.411 e. The van der Waals surface area contributed by atoms with Crippen molar-refractivity contribution in [2.24, 2.45) is 0 Å². The molecule has 2 saturated heterocycles. The summed E-state index contributed by atoms with van der Waals surface area (Å²) in [6.45, 7) is 1.52. The van der Waals surface area contributed by atoms with Crippen molar-refractivity contribution in [2.75, 3.05) is 24.6 Å². The number of amides is 1. The van der Waals surface area contributed by atoms with E-state index in [2.05, 4.69) is 25.8 Å². The monoisotopic (exact) mass is 311 g/mol. The lowest BCUT2D eigenvalue weighted by Gasteiger charge is -2.40. The molecule has 2 aliphatic rings. The predicted molar refractivity (Wildman–Crippen MR) is 84.9 cm³/mol. The number of aromatic amines is 1. The van der Waals surface area contributed by atoms with Gasteiger partial charge in [-0.25, -0.2) is 14.8 Å². The lowest BCUT2D eigenvalue weighted by atomic mass is 10.2. The summed E-state index contributed by atoms with van der Waals surface area (Å²) in [5.74, 6) is 3.26. The van der Waals surface area contributed by atoms with E-state index in [9.17, 15) is 4.79 Å². The topological polar surface area (TPSA) is 74.3 Å². The van der Waals surface area contributed by atoms with Gasteiger partial charge in [0.25, 0.3) is 0 Å². The zero-order valence-corrected chi connectivity index (χ0v) is 12.6. The number of carbonyl (C=O) groups excluding carboxylic acids is 1. The van der Waals surface area contributed by atoms with Gasteiger partial charge in [-0.3, -0.25) is 4.90 Å². The van der Waals surface area contributed by atoms with Crippen LogP contribution in [0.5, 0.6) is 0 Å². The molecule has 0 unspecified atom stereocenters. The van der Waals surface area contributed by atoms with Crippen molar-refractivity contribution in [1.29, 1.82) is 0 Å². The Hall–Kier alpha value is -2.75. The number of piperazine rings is 1. The summed E-state index contributed by atoms with van der Waals surface area (Å²) < 4.78 is 5.11. The molecule has 23 heavy (non-hydrogen) atoms. The van der Waals surface area contributed by atoms with Crippen LogP contribution in [0.3, 0.4) is 0 Å². The van der Waals surface area contributed by atoms with Gasteiger partial charge in [0.05, 0.1) is 17.5 Å². The number of hydrogen-bond donors (Lipinski definition) is 1. The molecule has 2 aromatic rings. The minimum Gasteiger partial charge on any atom is -0.436 e. The normalized spacial score (nSPS) is 23.1. The number of carbonyl (C=O) groups is 1. The molecule has 0 spiro atoms. The Morgan fingerprint density at radius 1 is 1.39 bits per heavy atom. The van der Waals surface area contributed by atoms with E-state index in [1.807, 2.05) is 17.2 Å². The molecule has 4 heterocycles. The Kier molecular flexibility index (Phi) is 3.30. The molecular formula is C16H17N5O2. The van der Waals surface area contributed by atoms with Gasteiger partial charge >= 0.3 is 6.09 Å². The molecule has 7 heteroatoms. The first-order valence-corrected chi connectivity index (χ1v) is 7.69. The van der Waals surface area contributed by atoms with Crippen LogP contribution in [-0.4, -0.2) is 57.7 Å². The van der Waals surface area contributed by atoms with E-state index in [-0.39, 0.29) is 24.8 Å². The molecule has 0 radical (unpaired) electrons. The fraction of sp³-hybridized carbons (Fsp3) is 0.438. The average molecular weight is 311 g/mol. The summed E-state index contributed by atoms with van der Waals surface area (Å²) in [5.41, 5.74) is 0.832. The van der Waals surface area contributed by atoms with Gasteiger partial charge in [0.2, 0.25) is 0 Å². The Bertz CT molecular complexity index is 766. The van der Waals surface area contributed by atoms with Crippen LogP contribution >= 0.6 is 0 Å². The summed E-state index contributed by atoms with van der Waals surface area (Å²) in [7, 11) is 0. The van der Waals surface area contributed by atoms with Gasteiger partial charge in [-0.05, 0) is 18.9 Å². The molecule has 2 atom stereocenters. The molecule has 0 aromatic carbocycles. The van der Waals surface area contributed by atoms with Crippen molar-refractivity contribution in [3.05, 3.63) is 18.6 Å². The molecule has 2 aliphatic heterocycles. The minimum absolute atomic E-state index is 0.0222. The largest absolute Gasteiger partial charge is 0.436 e. The second kappa shape index (κ2) is 5.47. The van der Waals surface area contributed by atoms with E-state index in [0.29, 0.717) is 0 Å².